The van der Waals surface area contributed by atoms with E-state index in [1.54, 1.807) is 0 Å². The summed E-state index contributed by atoms with van der Waals surface area (Å²) in [5.74, 6) is 1.81. The molecule has 1 aliphatic carbocycles. The molecule has 0 aliphatic heterocycles. The fourth-order valence-corrected chi connectivity index (χ4v) is 3.16. The molecule has 1 fully saturated rings. The third-order valence-electron chi connectivity index (χ3n) is 4.18. The molecule has 0 aromatic heterocycles. The van der Waals surface area contributed by atoms with Crippen molar-refractivity contribution in [3.8, 4) is 5.75 Å². The lowest BCUT2D eigenvalue weighted by Crippen LogP contribution is -2.27. The van der Waals surface area contributed by atoms with E-state index in [2.05, 4.69) is 43.4 Å². The second-order valence-corrected chi connectivity index (χ2v) is 5.90. The molecule has 1 aliphatic rings. The number of nitrogens with one attached hydrogen (secondary N) is 1. The monoisotopic (exact) mass is 275 g/mol. The summed E-state index contributed by atoms with van der Waals surface area (Å²) in [5, 5.41) is 3.76. The Morgan fingerprint density at radius 3 is 2.70 bits per heavy atom. The van der Waals surface area contributed by atoms with Gasteiger partial charge in [-0.25, -0.2) is 0 Å². The SMILES string of the molecule is CCCNC(c1cccc(OCCC)c1)C1CCCC1. The molecule has 1 N–H and O–H groups in total. The molecule has 2 nitrogen and oxygen atoms in total. The first kappa shape index (κ1) is 15.4. The van der Waals surface area contributed by atoms with E-state index in [1.807, 2.05) is 0 Å². The summed E-state index contributed by atoms with van der Waals surface area (Å²) in [5.41, 5.74) is 1.40. The summed E-state index contributed by atoms with van der Waals surface area (Å²) in [4.78, 5) is 0. The van der Waals surface area contributed by atoms with Crippen molar-refractivity contribution in [2.75, 3.05) is 13.2 Å². The standard InChI is InChI=1S/C18H29NO/c1-3-12-19-18(15-8-5-6-9-15)16-10-7-11-17(14-16)20-13-4-2/h7,10-11,14-15,18-19H,3-6,8-9,12-13H2,1-2H3. The first-order chi connectivity index (χ1) is 9.85. The van der Waals surface area contributed by atoms with Gasteiger partial charge in [0.2, 0.25) is 0 Å². The molecule has 2 rings (SSSR count). The van der Waals surface area contributed by atoms with Crippen LogP contribution < -0.4 is 10.1 Å². The predicted molar refractivity (Wildman–Crippen MR) is 85.2 cm³/mol. The van der Waals surface area contributed by atoms with E-state index in [1.165, 1.54) is 37.7 Å². The highest BCUT2D eigenvalue weighted by Gasteiger charge is 2.25. The fraction of sp³-hybridized carbons (Fsp3) is 0.667. The summed E-state index contributed by atoms with van der Waals surface area (Å²) in [6.45, 7) is 6.29. The van der Waals surface area contributed by atoms with Crippen molar-refractivity contribution >= 4 is 0 Å². The van der Waals surface area contributed by atoms with Crippen LogP contribution >= 0.6 is 0 Å². The van der Waals surface area contributed by atoms with Crippen molar-refractivity contribution in [2.24, 2.45) is 5.92 Å². The van der Waals surface area contributed by atoms with E-state index in [-0.39, 0.29) is 0 Å². The maximum atomic E-state index is 5.79. The van der Waals surface area contributed by atoms with Crippen molar-refractivity contribution in [3.63, 3.8) is 0 Å². The highest BCUT2D eigenvalue weighted by atomic mass is 16.5. The van der Waals surface area contributed by atoms with Gasteiger partial charge in [0.05, 0.1) is 6.61 Å². The van der Waals surface area contributed by atoms with E-state index in [0.29, 0.717) is 6.04 Å². The van der Waals surface area contributed by atoms with Crippen LogP contribution in [0, 0.1) is 5.92 Å². The van der Waals surface area contributed by atoms with Crippen LogP contribution in [0.1, 0.15) is 64.0 Å². The largest absolute Gasteiger partial charge is 0.494 e. The summed E-state index contributed by atoms with van der Waals surface area (Å²) < 4.78 is 5.79. The zero-order valence-electron chi connectivity index (χ0n) is 13.0. The molecule has 1 saturated carbocycles. The number of rotatable bonds is 8. The van der Waals surface area contributed by atoms with E-state index < -0.39 is 0 Å². The van der Waals surface area contributed by atoms with E-state index >= 15 is 0 Å². The first-order valence-electron chi connectivity index (χ1n) is 8.31. The molecule has 112 valence electrons. The second kappa shape index (κ2) is 8.31. The second-order valence-electron chi connectivity index (χ2n) is 5.90. The van der Waals surface area contributed by atoms with Gasteiger partial charge in [0.1, 0.15) is 5.75 Å². The maximum Gasteiger partial charge on any atom is 0.119 e. The average molecular weight is 275 g/mol. The highest BCUT2D eigenvalue weighted by Crippen LogP contribution is 2.36. The number of hydrogen-bond donors (Lipinski definition) is 1. The minimum Gasteiger partial charge on any atom is -0.494 e. The van der Waals surface area contributed by atoms with Gasteiger partial charge in [0, 0.05) is 6.04 Å². The number of hydrogen-bond acceptors (Lipinski definition) is 2. The van der Waals surface area contributed by atoms with Gasteiger partial charge in [-0.2, -0.15) is 0 Å². The molecule has 1 atom stereocenters. The summed E-state index contributed by atoms with van der Waals surface area (Å²) >= 11 is 0. The van der Waals surface area contributed by atoms with Crippen LogP contribution in [0.15, 0.2) is 24.3 Å². The van der Waals surface area contributed by atoms with Crippen LogP contribution in [-0.4, -0.2) is 13.2 Å². The van der Waals surface area contributed by atoms with Gasteiger partial charge in [0.15, 0.2) is 0 Å². The van der Waals surface area contributed by atoms with Crippen LogP contribution in [0.4, 0.5) is 0 Å². The summed E-state index contributed by atoms with van der Waals surface area (Å²) in [7, 11) is 0. The Bertz CT molecular complexity index is 385. The Balaban J connectivity index is 2.09. The van der Waals surface area contributed by atoms with Crippen molar-refractivity contribution in [2.45, 2.75) is 58.4 Å². The third kappa shape index (κ3) is 4.24. The Labute approximate surface area is 123 Å². The van der Waals surface area contributed by atoms with E-state index in [4.69, 9.17) is 4.74 Å². The Morgan fingerprint density at radius 1 is 1.20 bits per heavy atom. The Morgan fingerprint density at radius 2 is 2.00 bits per heavy atom. The molecule has 2 heteroatoms. The minimum atomic E-state index is 0.502. The lowest BCUT2D eigenvalue weighted by molar-refractivity contribution is 0.315. The Hall–Kier alpha value is -1.02. The summed E-state index contributed by atoms with van der Waals surface area (Å²) in [6, 6.07) is 9.20. The number of ether oxygens (including phenoxy) is 1. The third-order valence-corrected chi connectivity index (χ3v) is 4.18. The predicted octanol–water partition coefficient (Wildman–Crippen LogP) is 4.71. The Kier molecular flexibility index (Phi) is 6.38. The maximum absolute atomic E-state index is 5.79. The minimum absolute atomic E-state index is 0.502. The zero-order chi connectivity index (χ0) is 14.2. The van der Waals surface area contributed by atoms with Crippen LogP contribution in [-0.2, 0) is 0 Å². The molecular formula is C18H29NO. The molecule has 0 radical (unpaired) electrons. The average Bonchev–Trinajstić information content (AvgIpc) is 3.00. The van der Waals surface area contributed by atoms with Crippen LogP contribution in [0.5, 0.6) is 5.75 Å². The molecule has 1 aromatic carbocycles. The fourth-order valence-electron chi connectivity index (χ4n) is 3.16. The molecule has 0 heterocycles. The lowest BCUT2D eigenvalue weighted by atomic mass is 9.91. The molecule has 0 bridgehead atoms. The first-order valence-corrected chi connectivity index (χ1v) is 8.31. The van der Waals surface area contributed by atoms with Gasteiger partial charge in [-0.1, -0.05) is 38.8 Å². The van der Waals surface area contributed by atoms with Crippen LogP contribution in [0.25, 0.3) is 0 Å². The summed E-state index contributed by atoms with van der Waals surface area (Å²) in [6.07, 6.45) is 7.75. The van der Waals surface area contributed by atoms with Gasteiger partial charge in [0.25, 0.3) is 0 Å². The lowest BCUT2D eigenvalue weighted by Gasteiger charge is -2.25. The van der Waals surface area contributed by atoms with Gasteiger partial charge in [-0.05, 0) is 55.8 Å². The van der Waals surface area contributed by atoms with Crippen molar-refractivity contribution < 1.29 is 4.74 Å². The quantitative estimate of drug-likeness (QED) is 0.742. The van der Waals surface area contributed by atoms with E-state index in [9.17, 15) is 0 Å². The van der Waals surface area contributed by atoms with Gasteiger partial charge < -0.3 is 10.1 Å². The molecule has 1 aromatic rings. The van der Waals surface area contributed by atoms with Crippen LogP contribution in [0.3, 0.4) is 0 Å². The smallest absolute Gasteiger partial charge is 0.119 e. The molecule has 20 heavy (non-hydrogen) atoms. The normalized spacial score (nSPS) is 17.3. The van der Waals surface area contributed by atoms with Crippen molar-refractivity contribution in [1.82, 2.24) is 5.32 Å². The topological polar surface area (TPSA) is 21.3 Å². The van der Waals surface area contributed by atoms with Crippen LogP contribution in [0.2, 0.25) is 0 Å². The molecular weight excluding hydrogens is 246 g/mol. The van der Waals surface area contributed by atoms with Gasteiger partial charge in [-0.3, -0.25) is 0 Å². The van der Waals surface area contributed by atoms with Gasteiger partial charge in [-0.15, -0.1) is 0 Å². The highest BCUT2D eigenvalue weighted by molar-refractivity contribution is 5.31. The molecule has 0 spiro atoms. The molecule has 0 amide bonds. The molecule has 1 unspecified atom stereocenters. The van der Waals surface area contributed by atoms with Gasteiger partial charge >= 0.3 is 0 Å². The zero-order valence-corrected chi connectivity index (χ0v) is 13.0. The van der Waals surface area contributed by atoms with Crippen molar-refractivity contribution in [1.29, 1.82) is 0 Å². The van der Waals surface area contributed by atoms with E-state index in [0.717, 1.165) is 31.2 Å². The molecule has 0 saturated heterocycles. The van der Waals surface area contributed by atoms with Crippen molar-refractivity contribution in [3.05, 3.63) is 29.8 Å². The number of benzene rings is 1.